The van der Waals surface area contributed by atoms with Gasteiger partial charge in [0.2, 0.25) is 0 Å². The molecule has 2 aromatic carbocycles. The molecule has 0 atom stereocenters. The van der Waals surface area contributed by atoms with Gasteiger partial charge < -0.3 is 0 Å². The number of halogens is 1. The molecule has 2 aromatic rings. The number of rotatable bonds is 4. The molecule has 0 amide bonds. The molecule has 0 spiro atoms. The van der Waals surface area contributed by atoms with E-state index in [4.69, 9.17) is 5.26 Å². The summed E-state index contributed by atoms with van der Waals surface area (Å²) in [5.74, 6) is 0.753. The molecule has 0 radical (unpaired) electrons. The summed E-state index contributed by atoms with van der Waals surface area (Å²) in [7, 11) is 0. The van der Waals surface area contributed by atoms with Crippen LogP contribution in [0.25, 0.3) is 16.7 Å². The maximum Gasteiger partial charge on any atom is 0.133 e. The van der Waals surface area contributed by atoms with Crippen molar-refractivity contribution in [3.05, 3.63) is 63.7 Å². The van der Waals surface area contributed by atoms with E-state index in [1.165, 1.54) is 37.6 Å². The molecule has 0 aromatic heterocycles. The first kappa shape index (κ1) is 15.1. The Morgan fingerprint density at radius 1 is 1.05 bits per heavy atom. The SMILES string of the molecule is C/C(=C(/I)CSC#N)c1ccc(-c2ccccc2)cc1. The monoisotopic (exact) mass is 391 g/mol. The maximum absolute atomic E-state index is 8.62. The van der Waals surface area contributed by atoms with Crippen LogP contribution in [-0.2, 0) is 0 Å². The van der Waals surface area contributed by atoms with E-state index < -0.39 is 0 Å². The number of thioether (sulfide) groups is 1. The third-order valence-electron chi connectivity index (χ3n) is 3.10. The van der Waals surface area contributed by atoms with E-state index in [9.17, 15) is 0 Å². The van der Waals surface area contributed by atoms with E-state index >= 15 is 0 Å². The van der Waals surface area contributed by atoms with Crippen LogP contribution in [0.1, 0.15) is 12.5 Å². The molecule has 0 aliphatic heterocycles. The largest absolute Gasteiger partial charge is 0.185 e. The molecule has 0 saturated heterocycles. The van der Waals surface area contributed by atoms with Crippen molar-refractivity contribution in [3.63, 3.8) is 0 Å². The molecule has 0 aliphatic carbocycles. The molecule has 2 rings (SSSR count). The lowest BCUT2D eigenvalue weighted by Gasteiger charge is -2.07. The molecule has 0 heterocycles. The van der Waals surface area contributed by atoms with E-state index in [-0.39, 0.29) is 0 Å². The molecule has 0 N–H and O–H groups in total. The number of thiocyanates is 1. The summed E-state index contributed by atoms with van der Waals surface area (Å²) in [5.41, 5.74) is 4.92. The van der Waals surface area contributed by atoms with Gasteiger partial charge in [0.1, 0.15) is 5.40 Å². The van der Waals surface area contributed by atoms with Crippen LogP contribution in [-0.4, -0.2) is 5.75 Å². The molecule has 0 unspecified atom stereocenters. The first-order valence-corrected chi connectivity index (χ1v) is 8.31. The summed E-state index contributed by atoms with van der Waals surface area (Å²) in [6.45, 7) is 2.11. The number of hydrogen-bond donors (Lipinski definition) is 0. The third-order valence-corrected chi connectivity index (χ3v) is 5.37. The highest BCUT2D eigenvalue weighted by Crippen LogP contribution is 2.27. The molecule has 0 fully saturated rings. The predicted molar refractivity (Wildman–Crippen MR) is 96.6 cm³/mol. The highest BCUT2D eigenvalue weighted by atomic mass is 127. The van der Waals surface area contributed by atoms with Crippen LogP contribution in [0.15, 0.2) is 58.2 Å². The van der Waals surface area contributed by atoms with E-state index in [0.717, 1.165) is 5.75 Å². The minimum atomic E-state index is 0.753. The predicted octanol–water partition coefficient (Wildman–Crippen LogP) is 5.73. The molecule has 0 aliphatic rings. The topological polar surface area (TPSA) is 23.8 Å². The molecule has 1 nitrogen and oxygen atoms in total. The second kappa shape index (κ2) is 7.51. The van der Waals surface area contributed by atoms with Crippen LogP contribution in [0.2, 0.25) is 0 Å². The Kier molecular flexibility index (Phi) is 5.69. The van der Waals surface area contributed by atoms with Gasteiger partial charge in [-0.3, -0.25) is 0 Å². The molecule has 0 saturated carbocycles. The Bertz CT molecular complexity index is 639. The fraction of sp³-hybridized carbons (Fsp3) is 0.118. The van der Waals surface area contributed by atoms with Gasteiger partial charge in [-0.25, -0.2) is 0 Å². The minimum absolute atomic E-state index is 0.753. The van der Waals surface area contributed by atoms with Gasteiger partial charge in [-0.2, -0.15) is 5.26 Å². The molecule has 20 heavy (non-hydrogen) atoms. The fourth-order valence-electron chi connectivity index (χ4n) is 1.90. The second-order valence-corrected chi connectivity index (χ2v) is 6.42. The van der Waals surface area contributed by atoms with Crippen LogP contribution in [0.4, 0.5) is 0 Å². The highest BCUT2D eigenvalue weighted by molar-refractivity contribution is 14.1. The average molecular weight is 391 g/mol. The van der Waals surface area contributed by atoms with Crippen molar-refractivity contribution in [2.45, 2.75) is 6.92 Å². The quantitative estimate of drug-likeness (QED) is 0.491. The van der Waals surface area contributed by atoms with E-state index in [2.05, 4.69) is 83.4 Å². The van der Waals surface area contributed by atoms with Crippen LogP contribution < -0.4 is 0 Å². The molecule has 100 valence electrons. The van der Waals surface area contributed by atoms with Gasteiger partial charge in [0.25, 0.3) is 0 Å². The van der Waals surface area contributed by atoms with Gasteiger partial charge in [0.15, 0.2) is 0 Å². The zero-order valence-corrected chi connectivity index (χ0v) is 14.1. The zero-order valence-electron chi connectivity index (χ0n) is 11.1. The highest BCUT2D eigenvalue weighted by Gasteiger charge is 2.03. The van der Waals surface area contributed by atoms with Gasteiger partial charge in [0.05, 0.1) is 0 Å². The van der Waals surface area contributed by atoms with Crippen LogP contribution >= 0.6 is 34.4 Å². The third kappa shape index (κ3) is 3.87. The van der Waals surface area contributed by atoms with Crippen molar-refractivity contribution in [1.29, 1.82) is 5.26 Å². The van der Waals surface area contributed by atoms with Crippen molar-refractivity contribution in [3.8, 4) is 16.5 Å². The molecule has 3 heteroatoms. The van der Waals surface area contributed by atoms with Crippen molar-refractivity contribution in [2.24, 2.45) is 0 Å². The standard InChI is InChI=1S/C17H14INS/c1-13(17(18)11-20-12-19)14-7-9-16(10-8-14)15-5-3-2-4-6-15/h2-10H,11H2,1H3/b17-13-. The Hall–Kier alpha value is -1.25. The average Bonchev–Trinajstić information content (AvgIpc) is 2.53. The van der Waals surface area contributed by atoms with Crippen molar-refractivity contribution >= 4 is 39.9 Å². The smallest absolute Gasteiger partial charge is 0.133 e. The Morgan fingerprint density at radius 2 is 1.65 bits per heavy atom. The van der Waals surface area contributed by atoms with E-state index in [1.807, 2.05) is 6.07 Å². The summed E-state index contributed by atoms with van der Waals surface area (Å²) in [4.78, 5) is 0. The van der Waals surface area contributed by atoms with Gasteiger partial charge in [0, 0.05) is 9.33 Å². The van der Waals surface area contributed by atoms with Crippen LogP contribution in [0.3, 0.4) is 0 Å². The first-order chi connectivity index (χ1) is 9.72. The van der Waals surface area contributed by atoms with E-state index in [0.29, 0.717) is 0 Å². The lowest BCUT2D eigenvalue weighted by molar-refractivity contribution is 1.53. The first-order valence-electron chi connectivity index (χ1n) is 6.24. The van der Waals surface area contributed by atoms with Gasteiger partial charge in [-0.1, -0.05) is 54.6 Å². The summed E-state index contributed by atoms with van der Waals surface area (Å²) >= 11 is 3.60. The van der Waals surface area contributed by atoms with Gasteiger partial charge in [-0.15, -0.1) is 0 Å². The summed E-state index contributed by atoms with van der Waals surface area (Å²) in [6, 6.07) is 19.0. The van der Waals surface area contributed by atoms with E-state index in [1.54, 1.807) is 0 Å². The summed E-state index contributed by atoms with van der Waals surface area (Å²) < 4.78 is 1.22. The van der Waals surface area contributed by atoms with Gasteiger partial charge in [-0.05, 0) is 63.5 Å². The Balaban J connectivity index is 2.23. The molecular weight excluding hydrogens is 377 g/mol. The fourth-order valence-corrected chi connectivity index (χ4v) is 3.09. The summed E-state index contributed by atoms with van der Waals surface area (Å²) in [5, 5.41) is 10.7. The number of allylic oxidation sites excluding steroid dienone is 1. The lowest BCUT2D eigenvalue weighted by atomic mass is 10.0. The van der Waals surface area contributed by atoms with Crippen molar-refractivity contribution in [2.75, 3.05) is 5.75 Å². The lowest BCUT2D eigenvalue weighted by Crippen LogP contribution is -1.86. The number of nitrogens with zero attached hydrogens (tertiary/aromatic N) is 1. The van der Waals surface area contributed by atoms with Crippen molar-refractivity contribution in [1.82, 2.24) is 0 Å². The maximum atomic E-state index is 8.62. The number of benzene rings is 2. The minimum Gasteiger partial charge on any atom is -0.185 e. The van der Waals surface area contributed by atoms with Crippen LogP contribution in [0.5, 0.6) is 0 Å². The Morgan fingerprint density at radius 3 is 2.25 bits per heavy atom. The van der Waals surface area contributed by atoms with Gasteiger partial charge >= 0.3 is 0 Å². The zero-order chi connectivity index (χ0) is 14.4. The number of nitriles is 1. The normalized spacial score (nSPS) is 11.7. The summed E-state index contributed by atoms with van der Waals surface area (Å²) in [6.07, 6.45) is 0. The molecule has 0 bridgehead atoms. The number of hydrogen-bond acceptors (Lipinski definition) is 2. The second-order valence-electron chi connectivity index (χ2n) is 4.35. The van der Waals surface area contributed by atoms with Crippen LogP contribution in [0, 0.1) is 10.7 Å². The van der Waals surface area contributed by atoms with Crippen molar-refractivity contribution < 1.29 is 0 Å². The molecular formula is C17H14INS. The Labute approximate surface area is 137 Å².